The Labute approximate surface area is 206 Å². The average Bonchev–Trinajstić information content (AvgIpc) is 3.41. The molecule has 0 unspecified atom stereocenters. The summed E-state index contributed by atoms with van der Waals surface area (Å²) in [6.07, 6.45) is 4.13. The number of piperidine rings is 1. The van der Waals surface area contributed by atoms with Crippen LogP contribution < -0.4 is 4.74 Å². The largest absolute Gasteiger partial charge is 0.496 e. The zero-order chi connectivity index (χ0) is 24.4. The number of amides is 1. The number of fused-ring (bicyclic) bond motifs is 1. The SMILES string of the molecule is COc1cc(C)c2[nH]ccc2c1CN1CC[C@H](OC)C[C@H]1c1ccc(C(=O)N2CCOCC2)cc1. The van der Waals surface area contributed by atoms with Gasteiger partial charge in [-0.25, -0.2) is 0 Å². The minimum absolute atomic E-state index is 0.0781. The number of aryl methyl sites for hydroxylation is 1. The summed E-state index contributed by atoms with van der Waals surface area (Å²) in [6.45, 7) is 6.34. The fourth-order valence-corrected chi connectivity index (χ4v) is 5.51. The number of hydrogen-bond donors (Lipinski definition) is 1. The molecule has 2 aromatic carbocycles. The van der Waals surface area contributed by atoms with E-state index >= 15 is 0 Å². The van der Waals surface area contributed by atoms with Crippen LogP contribution in [-0.2, 0) is 16.0 Å². The number of aromatic nitrogens is 1. The first-order valence-electron chi connectivity index (χ1n) is 12.5. The number of likely N-dealkylation sites (tertiary alicyclic amines) is 1. The van der Waals surface area contributed by atoms with Crippen molar-refractivity contribution in [3.05, 3.63) is 64.8 Å². The molecule has 5 rings (SSSR count). The van der Waals surface area contributed by atoms with Gasteiger partial charge in [0, 0.05) is 67.6 Å². The molecule has 7 nitrogen and oxygen atoms in total. The first kappa shape index (κ1) is 23.9. The van der Waals surface area contributed by atoms with E-state index in [9.17, 15) is 4.79 Å². The number of nitrogens with zero attached hydrogens (tertiary/aromatic N) is 2. The highest BCUT2D eigenvalue weighted by atomic mass is 16.5. The number of hydrogen-bond acceptors (Lipinski definition) is 5. The predicted molar refractivity (Wildman–Crippen MR) is 136 cm³/mol. The predicted octanol–water partition coefficient (Wildman–Crippen LogP) is 4.31. The first-order chi connectivity index (χ1) is 17.1. The quantitative estimate of drug-likeness (QED) is 0.573. The van der Waals surface area contributed by atoms with E-state index in [0.717, 1.165) is 42.8 Å². The fourth-order valence-electron chi connectivity index (χ4n) is 5.51. The molecule has 2 saturated heterocycles. The summed E-state index contributed by atoms with van der Waals surface area (Å²) in [7, 11) is 3.55. The average molecular weight is 478 g/mol. The second-order valence-electron chi connectivity index (χ2n) is 9.54. The van der Waals surface area contributed by atoms with E-state index in [2.05, 4.69) is 41.1 Å². The normalized spacial score (nSPS) is 21.4. The van der Waals surface area contributed by atoms with Gasteiger partial charge >= 0.3 is 0 Å². The summed E-state index contributed by atoms with van der Waals surface area (Å²) in [5.74, 6) is 1.00. The van der Waals surface area contributed by atoms with Crippen molar-refractivity contribution in [1.29, 1.82) is 0 Å². The van der Waals surface area contributed by atoms with E-state index in [1.807, 2.05) is 23.2 Å². The lowest BCUT2D eigenvalue weighted by Crippen LogP contribution is -2.40. The van der Waals surface area contributed by atoms with Crippen LogP contribution in [0.3, 0.4) is 0 Å². The topological polar surface area (TPSA) is 67.0 Å². The molecule has 1 N–H and O–H groups in total. The van der Waals surface area contributed by atoms with Gasteiger partial charge in [-0.1, -0.05) is 12.1 Å². The third-order valence-electron chi connectivity index (χ3n) is 7.53. The molecule has 2 aliphatic rings. The van der Waals surface area contributed by atoms with Gasteiger partial charge in [-0.2, -0.15) is 0 Å². The lowest BCUT2D eigenvalue weighted by molar-refractivity contribution is 0.00674. The number of aromatic amines is 1. The lowest BCUT2D eigenvalue weighted by Gasteiger charge is -2.39. The van der Waals surface area contributed by atoms with Gasteiger partial charge in [0.05, 0.1) is 26.4 Å². The standard InChI is InChI=1S/C28H35N3O4/c1-19-16-26(34-3)24(23-8-10-29-27(19)23)18-31-11-9-22(33-2)17-25(31)20-4-6-21(7-5-20)28(32)30-12-14-35-15-13-30/h4-8,10,16,22,25,29H,9,11-15,17-18H2,1-3H3/t22-,25-/m0/s1. The number of benzene rings is 2. The summed E-state index contributed by atoms with van der Waals surface area (Å²) in [5.41, 5.74) is 5.49. The van der Waals surface area contributed by atoms with Crippen LogP contribution >= 0.6 is 0 Å². The molecule has 0 saturated carbocycles. The summed E-state index contributed by atoms with van der Waals surface area (Å²) in [6, 6.07) is 12.6. The molecule has 2 aliphatic heterocycles. The van der Waals surface area contributed by atoms with Gasteiger partial charge < -0.3 is 24.1 Å². The maximum absolute atomic E-state index is 12.9. The van der Waals surface area contributed by atoms with Gasteiger partial charge in [-0.05, 0) is 55.2 Å². The summed E-state index contributed by atoms with van der Waals surface area (Å²) >= 11 is 0. The minimum Gasteiger partial charge on any atom is -0.496 e. The molecule has 2 fully saturated rings. The number of carbonyl (C=O) groups excluding carboxylic acids is 1. The molecule has 0 radical (unpaired) electrons. The van der Waals surface area contributed by atoms with Crippen LogP contribution in [0.15, 0.2) is 42.6 Å². The molecular formula is C28H35N3O4. The lowest BCUT2D eigenvalue weighted by atomic mass is 9.91. The van der Waals surface area contributed by atoms with Crippen LogP contribution in [0.5, 0.6) is 5.75 Å². The Hall–Kier alpha value is -2.87. The van der Waals surface area contributed by atoms with Gasteiger partial charge in [0.15, 0.2) is 0 Å². The molecule has 0 spiro atoms. The first-order valence-corrected chi connectivity index (χ1v) is 12.5. The van der Waals surface area contributed by atoms with Crippen LogP contribution in [0.4, 0.5) is 0 Å². The third-order valence-corrected chi connectivity index (χ3v) is 7.53. The molecule has 3 heterocycles. The molecule has 1 amide bonds. The Morgan fingerprint density at radius 3 is 2.60 bits per heavy atom. The Morgan fingerprint density at radius 2 is 1.89 bits per heavy atom. The van der Waals surface area contributed by atoms with Crippen molar-refractivity contribution in [3.8, 4) is 5.75 Å². The zero-order valence-electron chi connectivity index (χ0n) is 20.9. The number of carbonyl (C=O) groups is 1. The Morgan fingerprint density at radius 1 is 1.11 bits per heavy atom. The van der Waals surface area contributed by atoms with Gasteiger partial charge in [-0.15, -0.1) is 0 Å². The monoisotopic (exact) mass is 477 g/mol. The molecule has 186 valence electrons. The van der Waals surface area contributed by atoms with Crippen molar-refractivity contribution in [3.63, 3.8) is 0 Å². The number of morpholine rings is 1. The summed E-state index contributed by atoms with van der Waals surface area (Å²) in [4.78, 5) is 20.7. The van der Waals surface area contributed by atoms with Gasteiger partial charge in [-0.3, -0.25) is 9.69 Å². The fraction of sp³-hybridized carbons (Fsp3) is 0.464. The van der Waals surface area contributed by atoms with E-state index in [-0.39, 0.29) is 18.1 Å². The molecule has 35 heavy (non-hydrogen) atoms. The van der Waals surface area contributed by atoms with Crippen LogP contribution in [0.1, 0.15) is 45.9 Å². The highest BCUT2D eigenvalue weighted by Gasteiger charge is 2.31. The molecule has 2 atom stereocenters. The number of ether oxygens (including phenoxy) is 3. The molecule has 7 heteroatoms. The van der Waals surface area contributed by atoms with E-state index in [1.54, 1.807) is 14.2 Å². The zero-order valence-corrected chi connectivity index (χ0v) is 20.9. The Balaban J connectivity index is 1.42. The van der Waals surface area contributed by atoms with Gasteiger partial charge in [0.25, 0.3) is 5.91 Å². The van der Waals surface area contributed by atoms with Crippen molar-refractivity contribution in [1.82, 2.24) is 14.8 Å². The number of nitrogens with one attached hydrogen (secondary N) is 1. The maximum atomic E-state index is 12.9. The molecule has 0 aliphatic carbocycles. The van der Waals surface area contributed by atoms with E-state index in [4.69, 9.17) is 14.2 Å². The number of methoxy groups -OCH3 is 2. The number of H-pyrrole nitrogens is 1. The minimum atomic E-state index is 0.0781. The Bertz CT molecular complexity index is 1170. The van der Waals surface area contributed by atoms with E-state index in [1.165, 1.54) is 22.1 Å². The van der Waals surface area contributed by atoms with Crippen molar-refractivity contribution < 1.29 is 19.0 Å². The Kier molecular flexibility index (Phi) is 7.09. The van der Waals surface area contributed by atoms with Crippen molar-refractivity contribution in [2.24, 2.45) is 0 Å². The summed E-state index contributed by atoms with van der Waals surface area (Å²) < 4.78 is 17.0. The molecule has 1 aromatic heterocycles. The highest BCUT2D eigenvalue weighted by Crippen LogP contribution is 2.37. The van der Waals surface area contributed by atoms with E-state index in [0.29, 0.717) is 26.3 Å². The highest BCUT2D eigenvalue weighted by molar-refractivity contribution is 5.94. The van der Waals surface area contributed by atoms with Crippen molar-refractivity contribution in [2.75, 3.05) is 47.1 Å². The summed E-state index contributed by atoms with van der Waals surface area (Å²) in [5, 5.41) is 1.21. The second-order valence-corrected chi connectivity index (χ2v) is 9.54. The van der Waals surface area contributed by atoms with Crippen molar-refractivity contribution in [2.45, 2.75) is 38.5 Å². The molecule has 0 bridgehead atoms. The third kappa shape index (κ3) is 4.81. The smallest absolute Gasteiger partial charge is 0.254 e. The molecule has 3 aromatic rings. The van der Waals surface area contributed by atoms with Crippen LogP contribution in [-0.4, -0.2) is 73.9 Å². The van der Waals surface area contributed by atoms with Crippen LogP contribution in [0, 0.1) is 6.92 Å². The van der Waals surface area contributed by atoms with Crippen LogP contribution in [0.2, 0.25) is 0 Å². The van der Waals surface area contributed by atoms with E-state index < -0.39 is 0 Å². The van der Waals surface area contributed by atoms with Gasteiger partial charge in [0.2, 0.25) is 0 Å². The number of rotatable bonds is 6. The maximum Gasteiger partial charge on any atom is 0.254 e. The van der Waals surface area contributed by atoms with Crippen molar-refractivity contribution >= 4 is 16.8 Å². The molecular weight excluding hydrogens is 442 g/mol. The van der Waals surface area contributed by atoms with Gasteiger partial charge in [0.1, 0.15) is 5.75 Å². The second kappa shape index (κ2) is 10.4. The van der Waals surface area contributed by atoms with Crippen LogP contribution in [0.25, 0.3) is 10.9 Å².